The minimum atomic E-state index is 0.433. The minimum Gasteiger partial charge on any atom is -0.297 e. The number of nitrogens with zero attached hydrogens (tertiary/aromatic N) is 4. The molecular weight excluding hydrogens is 250 g/mol. The highest BCUT2D eigenvalue weighted by atomic mass is 15.3. The molecule has 1 aliphatic rings. The van der Waals surface area contributed by atoms with E-state index in [-0.39, 0.29) is 0 Å². The molecule has 5 heteroatoms. The molecule has 3 heterocycles. The normalized spacial score (nSPS) is 20.6. The molecule has 0 aromatic carbocycles. The summed E-state index contributed by atoms with van der Waals surface area (Å²) in [6.45, 7) is 7.53. The van der Waals surface area contributed by atoms with Gasteiger partial charge in [0.05, 0.1) is 5.69 Å². The Morgan fingerprint density at radius 3 is 3.00 bits per heavy atom. The zero-order valence-electron chi connectivity index (χ0n) is 12.3. The van der Waals surface area contributed by atoms with E-state index in [1.165, 1.54) is 30.8 Å². The van der Waals surface area contributed by atoms with Crippen molar-refractivity contribution in [2.45, 2.75) is 45.2 Å². The Morgan fingerprint density at radius 1 is 1.40 bits per heavy atom. The van der Waals surface area contributed by atoms with Gasteiger partial charge in [-0.05, 0) is 45.4 Å². The van der Waals surface area contributed by atoms with Crippen LogP contribution in [0.5, 0.6) is 0 Å². The number of hydrogen-bond donors (Lipinski definition) is 1. The largest absolute Gasteiger partial charge is 0.297 e. The van der Waals surface area contributed by atoms with Crippen LogP contribution in [0.15, 0.2) is 24.5 Å². The maximum absolute atomic E-state index is 4.65. The Bertz CT molecular complexity index is 528. The summed E-state index contributed by atoms with van der Waals surface area (Å²) in [6, 6.07) is 4.67. The summed E-state index contributed by atoms with van der Waals surface area (Å²) in [5.74, 6) is 0.582. The number of likely N-dealkylation sites (tertiary alicyclic amines) is 1. The maximum atomic E-state index is 4.65. The summed E-state index contributed by atoms with van der Waals surface area (Å²) >= 11 is 0. The number of rotatable bonds is 4. The van der Waals surface area contributed by atoms with Gasteiger partial charge in [-0.1, -0.05) is 0 Å². The fourth-order valence-corrected chi connectivity index (χ4v) is 2.93. The third-order valence-electron chi connectivity index (χ3n) is 4.05. The van der Waals surface area contributed by atoms with Crippen molar-refractivity contribution in [3.8, 4) is 0 Å². The lowest BCUT2D eigenvalue weighted by Crippen LogP contribution is -2.34. The van der Waals surface area contributed by atoms with Gasteiger partial charge in [-0.2, -0.15) is 10.2 Å². The zero-order chi connectivity index (χ0) is 13.9. The van der Waals surface area contributed by atoms with Gasteiger partial charge in [-0.15, -0.1) is 0 Å². The Balaban J connectivity index is 1.62. The van der Waals surface area contributed by atoms with Gasteiger partial charge in [0.1, 0.15) is 0 Å². The van der Waals surface area contributed by atoms with Crippen molar-refractivity contribution < 1.29 is 0 Å². The van der Waals surface area contributed by atoms with Crippen LogP contribution in [0.3, 0.4) is 0 Å². The molecule has 0 saturated carbocycles. The molecule has 1 saturated heterocycles. The number of aromatic nitrogens is 4. The first-order valence-electron chi connectivity index (χ1n) is 7.48. The van der Waals surface area contributed by atoms with E-state index in [0.717, 1.165) is 13.1 Å². The Labute approximate surface area is 120 Å². The van der Waals surface area contributed by atoms with Crippen molar-refractivity contribution >= 4 is 0 Å². The lowest BCUT2D eigenvalue weighted by atomic mass is 9.95. The molecule has 0 spiro atoms. The summed E-state index contributed by atoms with van der Waals surface area (Å²) in [5.41, 5.74) is 2.44. The Kier molecular flexibility index (Phi) is 3.87. The summed E-state index contributed by atoms with van der Waals surface area (Å²) < 4.78 is 2.03. The van der Waals surface area contributed by atoms with Gasteiger partial charge in [0.25, 0.3) is 0 Å². The van der Waals surface area contributed by atoms with Crippen molar-refractivity contribution in [2.24, 2.45) is 0 Å². The first-order valence-corrected chi connectivity index (χ1v) is 7.48. The van der Waals surface area contributed by atoms with E-state index in [9.17, 15) is 0 Å². The SMILES string of the molecule is CC(C)n1ccc(CN2CCC[C@@H](c3ccn[nH]3)C2)n1. The van der Waals surface area contributed by atoms with Crippen LogP contribution in [0.2, 0.25) is 0 Å². The number of aromatic amines is 1. The van der Waals surface area contributed by atoms with Crippen LogP contribution in [0.4, 0.5) is 0 Å². The highest BCUT2D eigenvalue weighted by Gasteiger charge is 2.22. The molecule has 2 aromatic rings. The average Bonchev–Trinajstić information content (AvgIpc) is 3.10. The van der Waals surface area contributed by atoms with Crippen LogP contribution in [-0.4, -0.2) is 38.0 Å². The van der Waals surface area contributed by atoms with E-state index in [1.807, 2.05) is 10.9 Å². The van der Waals surface area contributed by atoms with Crippen LogP contribution in [0, 0.1) is 0 Å². The highest BCUT2D eigenvalue weighted by Crippen LogP contribution is 2.26. The van der Waals surface area contributed by atoms with E-state index in [2.05, 4.69) is 52.4 Å². The van der Waals surface area contributed by atoms with Gasteiger partial charge in [0.2, 0.25) is 0 Å². The predicted molar refractivity (Wildman–Crippen MR) is 78.5 cm³/mol. The van der Waals surface area contributed by atoms with Gasteiger partial charge >= 0.3 is 0 Å². The van der Waals surface area contributed by atoms with E-state index < -0.39 is 0 Å². The Morgan fingerprint density at radius 2 is 2.30 bits per heavy atom. The molecule has 20 heavy (non-hydrogen) atoms. The van der Waals surface area contributed by atoms with E-state index in [0.29, 0.717) is 12.0 Å². The topological polar surface area (TPSA) is 49.7 Å². The number of piperidine rings is 1. The zero-order valence-corrected chi connectivity index (χ0v) is 12.3. The van der Waals surface area contributed by atoms with Crippen molar-refractivity contribution in [3.63, 3.8) is 0 Å². The fourth-order valence-electron chi connectivity index (χ4n) is 2.93. The standard InChI is InChI=1S/C15H23N5/c1-12(2)20-9-6-14(18-20)11-19-8-3-4-13(10-19)15-5-7-16-17-15/h5-7,9,12-13H,3-4,8,10-11H2,1-2H3,(H,16,17)/t13-/m1/s1. The van der Waals surface area contributed by atoms with Crippen LogP contribution in [0.25, 0.3) is 0 Å². The van der Waals surface area contributed by atoms with Crippen molar-refractivity contribution in [3.05, 3.63) is 35.9 Å². The van der Waals surface area contributed by atoms with Gasteiger partial charge in [0.15, 0.2) is 0 Å². The first-order chi connectivity index (χ1) is 9.72. The molecule has 0 amide bonds. The van der Waals surface area contributed by atoms with Crippen LogP contribution in [-0.2, 0) is 6.54 Å². The fraction of sp³-hybridized carbons (Fsp3) is 0.600. The van der Waals surface area contributed by atoms with Crippen LogP contribution < -0.4 is 0 Å². The molecule has 0 bridgehead atoms. The van der Waals surface area contributed by atoms with Gasteiger partial charge in [-0.3, -0.25) is 14.7 Å². The third kappa shape index (κ3) is 2.93. The molecule has 5 nitrogen and oxygen atoms in total. The first kappa shape index (κ1) is 13.4. The Hall–Kier alpha value is -1.62. The van der Waals surface area contributed by atoms with Crippen LogP contribution in [0.1, 0.15) is 50.0 Å². The molecule has 0 radical (unpaired) electrons. The summed E-state index contributed by atoms with van der Waals surface area (Å²) in [5, 5.41) is 11.8. The summed E-state index contributed by atoms with van der Waals surface area (Å²) in [4.78, 5) is 2.50. The van der Waals surface area contributed by atoms with E-state index in [1.54, 1.807) is 0 Å². The van der Waals surface area contributed by atoms with Gasteiger partial charge in [-0.25, -0.2) is 0 Å². The van der Waals surface area contributed by atoms with Gasteiger partial charge < -0.3 is 0 Å². The second kappa shape index (κ2) is 5.79. The molecule has 1 aliphatic heterocycles. The van der Waals surface area contributed by atoms with Crippen molar-refractivity contribution in [1.29, 1.82) is 0 Å². The molecule has 0 aliphatic carbocycles. The molecule has 3 rings (SSSR count). The average molecular weight is 273 g/mol. The predicted octanol–water partition coefficient (Wildman–Crippen LogP) is 2.57. The van der Waals surface area contributed by atoms with Gasteiger partial charge in [0, 0.05) is 43.1 Å². The molecule has 2 aromatic heterocycles. The number of nitrogens with one attached hydrogen (secondary N) is 1. The van der Waals surface area contributed by atoms with E-state index >= 15 is 0 Å². The quantitative estimate of drug-likeness (QED) is 0.931. The van der Waals surface area contributed by atoms with Crippen LogP contribution >= 0.6 is 0 Å². The van der Waals surface area contributed by atoms with Crippen molar-refractivity contribution in [1.82, 2.24) is 24.9 Å². The lowest BCUT2D eigenvalue weighted by molar-refractivity contribution is 0.195. The molecular formula is C15H23N5. The molecule has 1 N–H and O–H groups in total. The highest BCUT2D eigenvalue weighted by molar-refractivity contribution is 5.08. The molecule has 1 atom stereocenters. The van der Waals surface area contributed by atoms with E-state index in [4.69, 9.17) is 0 Å². The third-order valence-corrected chi connectivity index (χ3v) is 4.05. The smallest absolute Gasteiger partial charge is 0.0764 e. The minimum absolute atomic E-state index is 0.433. The maximum Gasteiger partial charge on any atom is 0.0764 e. The second-order valence-corrected chi connectivity index (χ2v) is 5.97. The molecule has 1 fully saturated rings. The lowest BCUT2D eigenvalue weighted by Gasteiger charge is -2.31. The molecule has 0 unspecified atom stereocenters. The number of hydrogen-bond acceptors (Lipinski definition) is 3. The monoisotopic (exact) mass is 273 g/mol. The molecule has 108 valence electrons. The van der Waals surface area contributed by atoms with Crippen molar-refractivity contribution in [2.75, 3.05) is 13.1 Å². The second-order valence-electron chi connectivity index (χ2n) is 5.97. The number of H-pyrrole nitrogens is 1. The summed E-state index contributed by atoms with van der Waals surface area (Å²) in [6.07, 6.45) is 6.42. The summed E-state index contributed by atoms with van der Waals surface area (Å²) in [7, 11) is 0.